The number of hydrogen-bond acceptors (Lipinski definition) is 2. The molecule has 0 saturated carbocycles. The van der Waals surface area contributed by atoms with Crippen molar-refractivity contribution in [2.45, 2.75) is 33.1 Å². The van der Waals surface area contributed by atoms with Crippen molar-refractivity contribution in [2.24, 2.45) is 0 Å². The Morgan fingerprint density at radius 2 is 1.75 bits per heavy atom. The van der Waals surface area contributed by atoms with E-state index in [1.807, 2.05) is 38.1 Å². The number of aryl methyl sites for hydroxylation is 3. The summed E-state index contributed by atoms with van der Waals surface area (Å²) < 4.78 is 5.85. The van der Waals surface area contributed by atoms with E-state index in [1.165, 1.54) is 0 Å². The Kier molecular flexibility index (Phi) is 4.90. The van der Waals surface area contributed by atoms with E-state index in [0.29, 0.717) is 11.8 Å². The van der Waals surface area contributed by atoms with E-state index in [-0.39, 0.29) is 0 Å². The Balaban J connectivity index is 2.34. The standard InChI is InChI=1S/C16H17Cl2NO/c1-4-13-7-12(9-17)8-15(19-13)20-14-5-10(2)16(18)11(3)6-14/h5-8H,4,9H2,1-3H3. The summed E-state index contributed by atoms with van der Waals surface area (Å²) in [5, 5.41) is 0.772. The van der Waals surface area contributed by atoms with Gasteiger partial charge in [-0.2, -0.15) is 0 Å². The molecule has 0 aliphatic rings. The van der Waals surface area contributed by atoms with E-state index >= 15 is 0 Å². The van der Waals surface area contributed by atoms with Gasteiger partial charge in [0, 0.05) is 22.7 Å². The van der Waals surface area contributed by atoms with E-state index in [0.717, 1.165) is 39.6 Å². The predicted octanol–water partition coefficient (Wildman–Crippen LogP) is 5.45. The maximum Gasteiger partial charge on any atom is 0.219 e. The minimum atomic E-state index is 0.449. The van der Waals surface area contributed by atoms with Crippen LogP contribution in [0.25, 0.3) is 0 Å². The van der Waals surface area contributed by atoms with Gasteiger partial charge in [-0.05, 0) is 55.2 Å². The lowest BCUT2D eigenvalue weighted by Crippen LogP contribution is -1.96. The second-order valence-electron chi connectivity index (χ2n) is 4.77. The van der Waals surface area contributed by atoms with E-state index in [9.17, 15) is 0 Å². The second-order valence-corrected chi connectivity index (χ2v) is 5.41. The highest BCUT2D eigenvalue weighted by Crippen LogP contribution is 2.29. The summed E-state index contributed by atoms with van der Waals surface area (Å²) in [6, 6.07) is 7.69. The van der Waals surface area contributed by atoms with Gasteiger partial charge in [0.25, 0.3) is 0 Å². The average Bonchev–Trinajstić information content (AvgIpc) is 2.44. The first kappa shape index (κ1) is 15.1. The summed E-state index contributed by atoms with van der Waals surface area (Å²) in [5.74, 6) is 1.76. The molecule has 2 rings (SSSR count). The van der Waals surface area contributed by atoms with Gasteiger partial charge in [-0.25, -0.2) is 4.98 Å². The van der Waals surface area contributed by atoms with Crippen molar-refractivity contribution in [1.29, 1.82) is 0 Å². The van der Waals surface area contributed by atoms with Gasteiger partial charge >= 0.3 is 0 Å². The quantitative estimate of drug-likeness (QED) is 0.701. The highest BCUT2D eigenvalue weighted by Gasteiger charge is 2.07. The van der Waals surface area contributed by atoms with Gasteiger partial charge in [0.05, 0.1) is 0 Å². The molecule has 1 aromatic heterocycles. The minimum Gasteiger partial charge on any atom is -0.439 e. The van der Waals surface area contributed by atoms with Crippen LogP contribution in [-0.4, -0.2) is 4.98 Å². The molecule has 0 saturated heterocycles. The van der Waals surface area contributed by atoms with Gasteiger partial charge < -0.3 is 4.74 Å². The molecule has 0 unspecified atom stereocenters. The monoisotopic (exact) mass is 309 g/mol. The van der Waals surface area contributed by atoms with Gasteiger partial charge in [-0.3, -0.25) is 0 Å². The summed E-state index contributed by atoms with van der Waals surface area (Å²) in [4.78, 5) is 4.46. The number of halogens is 2. The molecular formula is C16H17Cl2NO. The predicted molar refractivity (Wildman–Crippen MR) is 84.2 cm³/mol. The summed E-state index contributed by atoms with van der Waals surface area (Å²) in [6.45, 7) is 5.98. The molecule has 4 heteroatoms. The molecule has 0 aliphatic heterocycles. The van der Waals surface area contributed by atoms with Crippen LogP contribution in [0.1, 0.15) is 29.3 Å². The van der Waals surface area contributed by atoms with E-state index in [1.54, 1.807) is 0 Å². The van der Waals surface area contributed by atoms with Crippen LogP contribution in [0.15, 0.2) is 24.3 Å². The molecule has 0 atom stereocenters. The molecule has 1 aromatic carbocycles. The maximum atomic E-state index is 6.16. The highest BCUT2D eigenvalue weighted by molar-refractivity contribution is 6.32. The zero-order chi connectivity index (χ0) is 14.7. The zero-order valence-electron chi connectivity index (χ0n) is 11.8. The Morgan fingerprint density at radius 1 is 1.10 bits per heavy atom. The Bertz CT molecular complexity index is 581. The van der Waals surface area contributed by atoms with Crippen LogP contribution in [0.2, 0.25) is 5.02 Å². The smallest absolute Gasteiger partial charge is 0.219 e. The lowest BCUT2D eigenvalue weighted by molar-refractivity contribution is 0.459. The zero-order valence-corrected chi connectivity index (χ0v) is 13.3. The maximum absolute atomic E-state index is 6.16. The van der Waals surface area contributed by atoms with E-state index in [2.05, 4.69) is 11.9 Å². The number of benzene rings is 1. The molecule has 106 valence electrons. The van der Waals surface area contributed by atoms with Crippen molar-refractivity contribution in [3.05, 3.63) is 51.7 Å². The van der Waals surface area contributed by atoms with E-state index < -0.39 is 0 Å². The third-order valence-corrected chi connectivity index (χ3v) is 3.97. The van der Waals surface area contributed by atoms with Gasteiger partial charge in [0.1, 0.15) is 5.75 Å². The molecule has 0 amide bonds. The van der Waals surface area contributed by atoms with Gasteiger partial charge in [0.2, 0.25) is 5.88 Å². The molecular weight excluding hydrogens is 293 g/mol. The van der Waals surface area contributed by atoms with Crippen LogP contribution in [0.3, 0.4) is 0 Å². The van der Waals surface area contributed by atoms with Crippen molar-refractivity contribution in [3.8, 4) is 11.6 Å². The summed E-state index contributed by atoms with van der Waals surface area (Å²) in [5.41, 5.74) is 3.97. The third kappa shape index (κ3) is 3.44. The Hall–Kier alpha value is -1.25. The minimum absolute atomic E-state index is 0.449. The Labute approximate surface area is 129 Å². The molecule has 2 nitrogen and oxygen atoms in total. The molecule has 2 aromatic rings. The van der Waals surface area contributed by atoms with Crippen LogP contribution in [-0.2, 0) is 12.3 Å². The van der Waals surface area contributed by atoms with Crippen molar-refractivity contribution in [3.63, 3.8) is 0 Å². The SMILES string of the molecule is CCc1cc(CCl)cc(Oc2cc(C)c(Cl)c(C)c2)n1. The molecule has 0 aliphatic carbocycles. The van der Waals surface area contributed by atoms with Crippen LogP contribution in [0, 0.1) is 13.8 Å². The number of aromatic nitrogens is 1. The average molecular weight is 310 g/mol. The molecule has 1 heterocycles. The van der Waals surface area contributed by atoms with Crippen molar-refractivity contribution in [1.82, 2.24) is 4.98 Å². The first-order valence-corrected chi connectivity index (χ1v) is 7.45. The molecule has 20 heavy (non-hydrogen) atoms. The summed E-state index contributed by atoms with van der Waals surface area (Å²) >= 11 is 12.1. The molecule has 0 bridgehead atoms. The first-order valence-electron chi connectivity index (χ1n) is 6.54. The molecule has 0 N–H and O–H groups in total. The fraction of sp³-hybridized carbons (Fsp3) is 0.312. The molecule has 0 fully saturated rings. The lowest BCUT2D eigenvalue weighted by atomic mass is 10.1. The van der Waals surface area contributed by atoms with Crippen molar-refractivity contribution in [2.75, 3.05) is 0 Å². The fourth-order valence-corrected chi connectivity index (χ4v) is 2.28. The fourth-order valence-electron chi connectivity index (χ4n) is 2.02. The lowest BCUT2D eigenvalue weighted by Gasteiger charge is -2.11. The number of ether oxygens (including phenoxy) is 1. The summed E-state index contributed by atoms with van der Waals surface area (Å²) in [7, 11) is 0. The van der Waals surface area contributed by atoms with Gasteiger partial charge in [-0.15, -0.1) is 11.6 Å². The summed E-state index contributed by atoms with van der Waals surface area (Å²) in [6.07, 6.45) is 0.847. The number of pyridine rings is 1. The van der Waals surface area contributed by atoms with Crippen LogP contribution < -0.4 is 4.74 Å². The van der Waals surface area contributed by atoms with Gasteiger partial charge in [-0.1, -0.05) is 18.5 Å². The van der Waals surface area contributed by atoms with Crippen LogP contribution in [0.5, 0.6) is 11.6 Å². The van der Waals surface area contributed by atoms with Crippen LogP contribution in [0.4, 0.5) is 0 Å². The normalized spacial score (nSPS) is 10.7. The number of hydrogen-bond donors (Lipinski definition) is 0. The number of rotatable bonds is 4. The Morgan fingerprint density at radius 3 is 2.30 bits per heavy atom. The first-order chi connectivity index (χ1) is 9.53. The molecule has 0 radical (unpaired) electrons. The van der Waals surface area contributed by atoms with Crippen molar-refractivity contribution < 1.29 is 4.74 Å². The van der Waals surface area contributed by atoms with Gasteiger partial charge in [0.15, 0.2) is 0 Å². The topological polar surface area (TPSA) is 22.1 Å². The van der Waals surface area contributed by atoms with Crippen LogP contribution >= 0.6 is 23.2 Å². The number of alkyl halides is 1. The second kappa shape index (κ2) is 6.47. The van der Waals surface area contributed by atoms with Crippen molar-refractivity contribution >= 4 is 23.2 Å². The third-order valence-electron chi connectivity index (χ3n) is 3.06. The highest BCUT2D eigenvalue weighted by atomic mass is 35.5. The largest absolute Gasteiger partial charge is 0.439 e. The number of nitrogens with zero attached hydrogens (tertiary/aromatic N) is 1. The molecule has 0 spiro atoms. The van der Waals surface area contributed by atoms with E-state index in [4.69, 9.17) is 27.9 Å².